The molecule has 0 spiro atoms. The predicted molar refractivity (Wildman–Crippen MR) is 104 cm³/mol. The van der Waals surface area contributed by atoms with Crippen LogP contribution in [0.3, 0.4) is 0 Å². The quantitative estimate of drug-likeness (QED) is 0.885. The Labute approximate surface area is 161 Å². The minimum atomic E-state index is -0.350. The molecule has 1 aliphatic heterocycles. The largest absolute Gasteiger partial charge is 0.341 e. The van der Waals surface area contributed by atoms with E-state index in [0.717, 1.165) is 62.9 Å². The number of hydrogen-bond donors (Lipinski definition) is 1. The Kier molecular flexibility index (Phi) is 4.25. The van der Waals surface area contributed by atoms with Crippen LogP contribution in [0.4, 0.5) is 0 Å². The molecule has 4 nitrogen and oxygen atoms in total. The average Bonchev–Trinajstić information content (AvgIpc) is 3.20. The summed E-state index contributed by atoms with van der Waals surface area (Å²) in [5, 5.41) is 3.24. The Morgan fingerprint density at radius 2 is 1.48 bits per heavy atom. The predicted octanol–water partition coefficient (Wildman–Crippen LogP) is 3.62. The van der Waals surface area contributed by atoms with E-state index in [-0.39, 0.29) is 23.3 Å². The Hall–Kier alpha value is -1.84. The first-order valence-electron chi connectivity index (χ1n) is 10.8. The molecule has 2 amide bonds. The molecule has 0 unspecified atom stereocenters. The van der Waals surface area contributed by atoms with Gasteiger partial charge in [0.25, 0.3) is 5.91 Å². The summed E-state index contributed by atoms with van der Waals surface area (Å²) in [5.74, 6) is 2.37. The highest BCUT2D eigenvalue weighted by atomic mass is 16.2. The van der Waals surface area contributed by atoms with Gasteiger partial charge in [-0.3, -0.25) is 9.59 Å². The van der Waals surface area contributed by atoms with Gasteiger partial charge >= 0.3 is 0 Å². The Morgan fingerprint density at radius 1 is 0.926 bits per heavy atom. The smallest absolute Gasteiger partial charge is 0.251 e. The first-order chi connectivity index (χ1) is 13.1. The van der Waals surface area contributed by atoms with Crippen LogP contribution in [0.25, 0.3) is 0 Å². The normalized spacial score (nSPS) is 35.3. The van der Waals surface area contributed by atoms with Gasteiger partial charge in [-0.2, -0.15) is 0 Å². The lowest BCUT2D eigenvalue weighted by Crippen LogP contribution is -2.62. The van der Waals surface area contributed by atoms with Crippen molar-refractivity contribution in [3.05, 3.63) is 35.9 Å². The molecule has 4 heteroatoms. The number of hydrogen-bond acceptors (Lipinski definition) is 2. The van der Waals surface area contributed by atoms with E-state index in [4.69, 9.17) is 0 Å². The lowest BCUT2D eigenvalue weighted by Gasteiger charge is -2.59. The number of nitrogens with one attached hydrogen (secondary N) is 1. The van der Waals surface area contributed by atoms with Crippen LogP contribution in [0, 0.1) is 23.2 Å². The molecule has 5 fully saturated rings. The van der Waals surface area contributed by atoms with Gasteiger partial charge in [0.2, 0.25) is 5.91 Å². The molecule has 0 aromatic heterocycles. The minimum Gasteiger partial charge on any atom is -0.341 e. The van der Waals surface area contributed by atoms with Gasteiger partial charge < -0.3 is 10.2 Å². The van der Waals surface area contributed by atoms with Crippen LogP contribution in [0.2, 0.25) is 0 Å². The fraction of sp³-hybridized carbons (Fsp3) is 0.652. The second-order valence-electron chi connectivity index (χ2n) is 9.58. The zero-order valence-electron chi connectivity index (χ0n) is 16.0. The number of amides is 2. The summed E-state index contributed by atoms with van der Waals surface area (Å²) in [6, 6.07) is 9.02. The molecule has 1 aromatic rings. The van der Waals surface area contributed by atoms with E-state index in [9.17, 15) is 9.59 Å². The standard InChI is InChI=1S/C23H30N2O2/c26-21(19-6-2-1-3-7-19)24-20(22(27)25-8-4-5-9-25)23-13-16-10-17(14-23)12-18(11-16)15-23/h1-3,6-7,16-18,20H,4-5,8-15H2,(H,24,26)/t16?,17?,18?,20-,23?/m1/s1. The molecule has 0 radical (unpaired) electrons. The Morgan fingerprint density at radius 3 is 2.04 bits per heavy atom. The number of carbonyl (C=O) groups is 2. The summed E-state index contributed by atoms with van der Waals surface area (Å²) in [7, 11) is 0. The fourth-order valence-electron chi connectivity index (χ4n) is 6.93. The van der Waals surface area contributed by atoms with Crippen molar-refractivity contribution in [1.82, 2.24) is 10.2 Å². The molecule has 1 N–H and O–H groups in total. The molecular weight excluding hydrogens is 336 g/mol. The monoisotopic (exact) mass is 366 g/mol. The molecule has 1 atom stereocenters. The molecular formula is C23H30N2O2. The second-order valence-corrected chi connectivity index (χ2v) is 9.58. The van der Waals surface area contributed by atoms with Crippen molar-refractivity contribution in [2.75, 3.05) is 13.1 Å². The van der Waals surface area contributed by atoms with Gasteiger partial charge in [0.15, 0.2) is 0 Å². The number of rotatable bonds is 4. The van der Waals surface area contributed by atoms with E-state index in [2.05, 4.69) is 5.32 Å². The van der Waals surface area contributed by atoms with Crippen molar-refractivity contribution in [3.8, 4) is 0 Å². The summed E-state index contributed by atoms with van der Waals surface area (Å²) in [6.07, 6.45) is 9.58. The zero-order valence-corrected chi connectivity index (χ0v) is 16.0. The maximum Gasteiger partial charge on any atom is 0.251 e. The second kappa shape index (κ2) is 6.65. The molecule has 4 saturated carbocycles. The van der Waals surface area contributed by atoms with E-state index >= 15 is 0 Å². The van der Waals surface area contributed by atoms with Gasteiger partial charge in [-0.25, -0.2) is 0 Å². The first-order valence-corrected chi connectivity index (χ1v) is 10.8. The van der Waals surface area contributed by atoms with E-state index in [0.29, 0.717) is 5.56 Å². The van der Waals surface area contributed by atoms with Crippen molar-refractivity contribution in [2.45, 2.75) is 57.4 Å². The van der Waals surface area contributed by atoms with Crippen LogP contribution in [-0.4, -0.2) is 35.8 Å². The third kappa shape index (κ3) is 3.07. The maximum atomic E-state index is 13.5. The van der Waals surface area contributed by atoms with Gasteiger partial charge in [-0.05, 0) is 81.3 Å². The van der Waals surface area contributed by atoms with Crippen LogP contribution in [0.1, 0.15) is 61.7 Å². The van der Waals surface area contributed by atoms with Crippen LogP contribution in [0.5, 0.6) is 0 Å². The summed E-state index contributed by atoms with van der Waals surface area (Å²) in [4.78, 5) is 28.5. The summed E-state index contributed by atoms with van der Waals surface area (Å²) >= 11 is 0. The van der Waals surface area contributed by atoms with E-state index in [1.807, 2.05) is 35.2 Å². The zero-order chi connectivity index (χ0) is 18.4. The molecule has 4 aliphatic carbocycles. The van der Waals surface area contributed by atoms with Crippen LogP contribution >= 0.6 is 0 Å². The molecule has 1 saturated heterocycles. The maximum absolute atomic E-state index is 13.5. The first kappa shape index (κ1) is 17.3. The SMILES string of the molecule is O=C(N[C@H](C(=O)N1CCCC1)C12CC3CC(CC(C3)C1)C2)c1ccccc1. The van der Waals surface area contributed by atoms with Gasteiger partial charge in [0.1, 0.15) is 6.04 Å². The number of likely N-dealkylation sites (tertiary alicyclic amines) is 1. The minimum absolute atomic E-state index is 0.0150. The van der Waals surface area contributed by atoms with Crippen LogP contribution in [0.15, 0.2) is 30.3 Å². The molecule has 6 rings (SSSR count). The fourth-order valence-corrected chi connectivity index (χ4v) is 6.93. The van der Waals surface area contributed by atoms with Gasteiger partial charge in [-0.1, -0.05) is 18.2 Å². The Balaban J connectivity index is 1.45. The van der Waals surface area contributed by atoms with Crippen molar-refractivity contribution < 1.29 is 9.59 Å². The summed E-state index contributed by atoms with van der Waals surface area (Å²) in [5.41, 5.74) is 0.639. The van der Waals surface area contributed by atoms with Crippen molar-refractivity contribution in [1.29, 1.82) is 0 Å². The van der Waals surface area contributed by atoms with Gasteiger partial charge in [0.05, 0.1) is 0 Å². The molecule has 1 heterocycles. The molecule has 27 heavy (non-hydrogen) atoms. The molecule has 5 aliphatic rings. The van der Waals surface area contributed by atoms with Gasteiger partial charge in [-0.15, -0.1) is 0 Å². The van der Waals surface area contributed by atoms with Crippen LogP contribution < -0.4 is 5.32 Å². The highest BCUT2D eigenvalue weighted by molar-refractivity contribution is 5.97. The van der Waals surface area contributed by atoms with E-state index < -0.39 is 0 Å². The highest BCUT2D eigenvalue weighted by Gasteiger charge is 2.57. The van der Waals surface area contributed by atoms with Crippen molar-refractivity contribution in [3.63, 3.8) is 0 Å². The number of benzene rings is 1. The van der Waals surface area contributed by atoms with Crippen molar-refractivity contribution >= 4 is 11.8 Å². The molecule has 144 valence electrons. The number of nitrogens with zero attached hydrogens (tertiary/aromatic N) is 1. The molecule has 1 aromatic carbocycles. The topological polar surface area (TPSA) is 49.4 Å². The lowest BCUT2D eigenvalue weighted by molar-refractivity contribution is -0.143. The number of carbonyl (C=O) groups excluding carboxylic acids is 2. The average molecular weight is 367 g/mol. The van der Waals surface area contributed by atoms with Crippen LogP contribution in [-0.2, 0) is 4.79 Å². The third-order valence-electron chi connectivity index (χ3n) is 7.67. The summed E-state index contributed by atoms with van der Waals surface area (Å²) < 4.78 is 0. The summed E-state index contributed by atoms with van der Waals surface area (Å²) in [6.45, 7) is 1.70. The molecule has 4 bridgehead atoms. The van der Waals surface area contributed by atoms with E-state index in [1.54, 1.807) is 0 Å². The van der Waals surface area contributed by atoms with Gasteiger partial charge in [0, 0.05) is 24.1 Å². The third-order valence-corrected chi connectivity index (χ3v) is 7.67. The van der Waals surface area contributed by atoms with Crippen molar-refractivity contribution in [2.24, 2.45) is 23.2 Å². The van der Waals surface area contributed by atoms with E-state index in [1.165, 1.54) is 19.3 Å². The highest BCUT2D eigenvalue weighted by Crippen LogP contribution is 2.61. The lowest BCUT2D eigenvalue weighted by atomic mass is 9.47. The Bertz CT molecular complexity index is 688.